The Bertz CT molecular complexity index is 1330. The fraction of sp³-hybridized carbons (Fsp3) is 0.370. The van der Waals surface area contributed by atoms with Crippen LogP contribution in [0.25, 0.3) is 0 Å². The van der Waals surface area contributed by atoms with E-state index in [0.717, 1.165) is 23.1 Å². The van der Waals surface area contributed by atoms with Crippen molar-refractivity contribution in [3.63, 3.8) is 0 Å². The highest BCUT2D eigenvalue weighted by molar-refractivity contribution is 6.10. The molecular formula is C27H23F4N3O4. The minimum atomic E-state index is -4.52. The summed E-state index contributed by atoms with van der Waals surface area (Å²) < 4.78 is 59.2. The smallest absolute Gasteiger partial charge is 0.380 e. The summed E-state index contributed by atoms with van der Waals surface area (Å²) >= 11 is 0. The molecule has 0 radical (unpaired) electrons. The molecule has 3 aliphatic heterocycles. The molecule has 3 aliphatic rings. The van der Waals surface area contributed by atoms with Crippen molar-refractivity contribution in [2.75, 3.05) is 37.7 Å². The van der Waals surface area contributed by atoms with Crippen LogP contribution in [0.5, 0.6) is 0 Å². The number of ether oxygens (including phenoxy) is 1. The zero-order chi connectivity index (χ0) is 27.2. The number of hydrogen-bond acceptors (Lipinski definition) is 4. The van der Waals surface area contributed by atoms with Crippen LogP contribution in [0.15, 0.2) is 42.5 Å². The Morgan fingerprint density at radius 3 is 2.42 bits per heavy atom. The van der Waals surface area contributed by atoms with Crippen molar-refractivity contribution in [3.8, 4) is 12.3 Å². The second-order valence-electron chi connectivity index (χ2n) is 9.65. The molecule has 0 aliphatic carbocycles. The Kier molecular flexibility index (Phi) is 6.39. The van der Waals surface area contributed by atoms with Gasteiger partial charge in [-0.05, 0) is 42.3 Å². The van der Waals surface area contributed by atoms with E-state index in [9.17, 15) is 31.9 Å². The van der Waals surface area contributed by atoms with Gasteiger partial charge >= 0.3 is 6.18 Å². The number of terminal acetylenes is 1. The number of carbonyl (C=O) groups is 3. The SMILES string of the molecule is C#Cc1ccc(N2CC(=O)N(Cc3ccc(C(F)(F)F)cc3)C3(CCN(C(=O)C4COC4)C3)C2=O)c(F)c1. The number of nitrogens with zero attached hydrogens (tertiary/aromatic N) is 3. The van der Waals surface area contributed by atoms with E-state index in [2.05, 4.69) is 5.92 Å². The lowest BCUT2D eigenvalue weighted by Crippen LogP contribution is -2.69. The van der Waals surface area contributed by atoms with Crippen LogP contribution in [0.1, 0.15) is 23.1 Å². The average Bonchev–Trinajstić information content (AvgIpc) is 3.29. The van der Waals surface area contributed by atoms with E-state index in [1.165, 1.54) is 34.1 Å². The zero-order valence-electron chi connectivity index (χ0n) is 20.1. The summed E-state index contributed by atoms with van der Waals surface area (Å²) in [6.07, 6.45) is 0.908. The number of anilines is 1. The molecule has 5 rings (SSSR count). The van der Waals surface area contributed by atoms with E-state index in [-0.39, 0.29) is 62.3 Å². The van der Waals surface area contributed by atoms with Gasteiger partial charge in [0, 0.05) is 18.7 Å². The number of alkyl halides is 3. The third-order valence-electron chi connectivity index (χ3n) is 7.33. The molecule has 11 heteroatoms. The second kappa shape index (κ2) is 9.44. The van der Waals surface area contributed by atoms with Crippen LogP contribution in [0, 0.1) is 24.1 Å². The maximum absolute atomic E-state index is 15.0. The van der Waals surface area contributed by atoms with Crippen LogP contribution in [-0.2, 0) is 31.8 Å². The monoisotopic (exact) mass is 529 g/mol. The Morgan fingerprint density at radius 2 is 1.84 bits per heavy atom. The predicted molar refractivity (Wildman–Crippen MR) is 127 cm³/mol. The molecule has 198 valence electrons. The van der Waals surface area contributed by atoms with Crippen LogP contribution in [0.2, 0.25) is 0 Å². The highest BCUT2D eigenvalue weighted by Gasteiger charge is 2.57. The molecule has 3 saturated heterocycles. The van der Waals surface area contributed by atoms with Gasteiger partial charge in [0.1, 0.15) is 17.9 Å². The summed E-state index contributed by atoms with van der Waals surface area (Å²) in [6, 6.07) is 8.21. The summed E-state index contributed by atoms with van der Waals surface area (Å²) in [5.41, 5.74) is -1.83. The normalized spacial score (nSPS) is 22.1. The molecule has 2 aromatic rings. The Hall–Kier alpha value is -3.91. The van der Waals surface area contributed by atoms with Gasteiger partial charge in [-0.25, -0.2) is 4.39 Å². The van der Waals surface area contributed by atoms with Crippen molar-refractivity contribution >= 4 is 23.4 Å². The van der Waals surface area contributed by atoms with Crippen molar-refractivity contribution in [1.29, 1.82) is 0 Å². The summed E-state index contributed by atoms with van der Waals surface area (Å²) in [5.74, 6) is -0.101. The van der Waals surface area contributed by atoms with Crippen molar-refractivity contribution in [1.82, 2.24) is 9.80 Å². The number of halogens is 4. The lowest BCUT2D eigenvalue weighted by molar-refractivity contribution is -0.154. The van der Waals surface area contributed by atoms with Crippen LogP contribution >= 0.6 is 0 Å². The van der Waals surface area contributed by atoms with E-state index < -0.39 is 41.5 Å². The standard InChI is InChI=1S/C27H23F4N3O4/c1-2-17-5-8-22(21(28)11-17)33-13-23(35)34(12-18-3-6-20(7-4-18)27(29,30)31)26(25(33)37)9-10-32(16-26)24(36)19-14-38-15-19/h1,3-8,11,19H,9-10,12-16H2. The Balaban J connectivity index is 1.49. The average molecular weight is 529 g/mol. The molecule has 1 spiro atoms. The molecule has 3 heterocycles. The summed E-state index contributed by atoms with van der Waals surface area (Å²) in [7, 11) is 0. The quantitative estimate of drug-likeness (QED) is 0.451. The maximum atomic E-state index is 15.0. The van der Waals surface area contributed by atoms with E-state index in [4.69, 9.17) is 11.2 Å². The molecule has 0 N–H and O–H groups in total. The third-order valence-corrected chi connectivity index (χ3v) is 7.33. The highest BCUT2D eigenvalue weighted by Crippen LogP contribution is 2.38. The van der Waals surface area contributed by atoms with Crippen molar-refractivity contribution in [2.45, 2.75) is 24.7 Å². The molecule has 1 atom stereocenters. The van der Waals surface area contributed by atoms with Crippen LogP contribution < -0.4 is 4.90 Å². The number of amides is 3. The number of piperazine rings is 1. The second-order valence-corrected chi connectivity index (χ2v) is 9.65. The maximum Gasteiger partial charge on any atom is 0.416 e. The molecule has 2 aromatic carbocycles. The fourth-order valence-electron chi connectivity index (χ4n) is 5.14. The highest BCUT2D eigenvalue weighted by atomic mass is 19.4. The van der Waals surface area contributed by atoms with E-state index in [0.29, 0.717) is 5.56 Å². The topological polar surface area (TPSA) is 70.2 Å². The molecule has 3 fully saturated rings. The van der Waals surface area contributed by atoms with Crippen molar-refractivity contribution < 1.29 is 36.7 Å². The number of likely N-dealkylation sites (tertiary alicyclic amines) is 1. The van der Waals surface area contributed by atoms with Gasteiger partial charge in [0.05, 0.1) is 36.9 Å². The molecule has 0 aromatic heterocycles. The molecule has 1 unspecified atom stereocenters. The number of benzene rings is 2. The minimum absolute atomic E-state index is 0.0953. The lowest BCUT2D eigenvalue weighted by Gasteiger charge is -2.47. The summed E-state index contributed by atoms with van der Waals surface area (Å²) in [5, 5.41) is 0. The third kappa shape index (κ3) is 4.39. The van der Waals surface area contributed by atoms with Crippen molar-refractivity contribution in [2.24, 2.45) is 5.92 Å². The Morgan fingerprint density at radius 1 is 1.13 bits per heavy atom. The van der Waals surface area contributed by atoms with E-state index in [1.54, 1.807) is 0 Å². The van der Waals surface area contributed by atoms with Gasteiger partial charge in [-0.3, -0.25) is 19.3 Å². The first-order chi connectivity index (χ1) is 18.0. The molecule has 7 nitrogen and oxygen atoms in total. The number of hydrogen-bond donors (Lipinski definition) is 0. The first-order valence-electron chi connectivity index (χ1n) is 11.9. The predicted octanol–water partition coefficient (Wildman–Crippen LogP) is 2.82. The van der Waals surface area contributed by atoms with Gasteiger partial charge in [0.15, 0.2) is 0 Å². The number of carbonyl (C=O) groups excluding carboxylic acids is 3. The molecule has 38 heavy (non-hydrogen) atoms. The zero-order valence-corrected chi connectivity index (χ0v) is 20.1. The summed E-state index contributed by atoms with van der Waals surface area (Å²) in [4.78, 5) is 44.3. The fourth-order valence-corrected chi connectivity index (χ4v) is 5.14. The lowest BCUT2D eigenvalue weighted by atomic mass is 9.89. The Labute approximate surface area is 215 Å². The van der Waals surface area contributed by atoms with Gasteiger partial charge in [-0.15, -0.1) is 6.42 Å². The number of rotatable bonds is 4. The van der Waals surface area contributed by atoms with E-state index in [1.807, 2.05) is 0 Å². The van der Waals surface area contributed by atoms with Gasteiger partial charge in [0.2, 0.25) is 11.8 Å². The van der Waals surface area contributed by atoms with E-state index >= 15 is 0 Å². The molecular weight excluding hydrogens is 506 g/mol. The molecule has 0 saturated carbocycles. The first kappa shape index (κ1) is 25.7. The van der Waals surface area contributed by atoms with Gasteiger partial charge in [-0.1, -0.05) is 18.1 Å². The van der Waals surface area contributed by atoms with Gasteiger partial charge in [-0.2, -0.15) is 13.2 Å². The first-order valence-corrected chi connectivity index (χ1v) is 11.9. The van der Waals surface area contributed by atoms with Crippen molar-refractivity contribution in [3.05, 3.63) is 65.0 Å². The van der Waals surface area contributed by atoms with Gasteiger partial charge < -0.3 is 14.5 Å². The van der Waals surface area contributed by atoms with Crippen LogP contribution in [0.3, 0.4) is 0 Å². The molecule has 0 bridgehead atoms. The summed E-state index contributed by atoms with van der Waals surface area (Å²) in [6.45, 7) is -0.0212. The molecule has 3 amide bonds. The van der Waals surface area contributed by atoms with Gasteiger partial charge in [0.25, 0.3) is 5.91 Å². The largest absolute Gasteiger partial charge is 0.416 e. The van der Waals surface area contributed by atoms with Crippen LogP contribution in [0.4, 0.5) is 23.2 Å². The minimum Gasteiger partial charge on any atom is -0.380 e. The van der Waals surface area contributed by atoms with Crippen LogP contribution in [-0.4, -0.2) is 65.9 Å².